The lowest BCUT2D eigenvalue weighted by atomic mass is 10.1. The van der Waals surface area contributed by atoms with Crippen molar-refractivity contribution >= 4 is 11.7 Å². The Morgan fingerprint density at radius 2 is 2.18 bits per heavy atom. The first-order valence-electron chi connectivity index (χ1n) is 7.58. The molecule has 2 heterocycles. The summed E-state index contributed by atoms with van der Waals surface area (Å²) in [5.74, 6) is -0.170. The molecule has 0 aliphatic carbocycles. The second kappa shape index (κ2) is 5.83. The minimum absolute atomic E-state index is 0.0112. The average molecular weight is 299 g/mol. The van der Waals surface area contributed by atoms with E-state index in [1.165, 1.54) is 0 Å². The van der Waals surface area contributed by atoms with Crippen LogP contribution < -0.4 is 5.32 Å². The molecule has 22 heavy (non-hydrogen) atoms. The molecule has 0 amide bonds. The summed E-state index contributed by atoms with van der Waals surface area (Å²) in [6, 6.07) is 9.91. The van der Waals surface area contributed by atoms with Crippen molar-refractivity contribution in [1.82, 2.24) is 9.78 Å². The van der Waals surface area contributed by atoms with Crippen LogP contribution in [0.2, 0.25) is 0 Å². The lowest BCUT2D eigenvalue weighted by Crippen LogP contribution is -2.24. The highest BCUT2D eigenvalue weighted by Crippen LogP contribution is 2.20. The van der Waals surface area contributed by atoms with Gasteiger partial charge in [0, 0.05) is 17.8 Å². The van der Waals surface area contributed by atoms with Gasteiger partial charge in [0.1, 0.15) is 12.1 Å². The number of carbonyl (C=O) groups excluding carboxylic acids is 1. The van der Waals surface area contributed by atoms with Crippen molar-refractivity contribution < 1.29 is 9.53 Å². The van der Waals surface area contributed by atoms with E-state index in [-0.39, 0.29) is 18.1 Å². The predicted molar refractivity (Wildman–Crippen MR) is 84.8 cm³/mol. The first-order chi connectivity index (χ1) is 10.5. The van der Waals surface area contributed by atoms with Gasteiger partial charge < -0.3 is 10.1 Å². The van der Waals surface area contributed by atoms with Crippen molar-refractivity contribution in [1.29, 1.82) is 0 Å². The fourth-order valence-electron chi connectivity index (χ4n) is 2.84. The van der Waals surface area contributed by atoms with Gasteiger partial charge in [0.2, 0.25) is 0 Å². The van der Waals surface area contributed by atoms with Crippen LogP contribution in [0.3, 0.4) is 0 Å². The van der Waals surface area contributed by atoms with E-state index in [1.54, 1.807) is 0 Å². The molecule has 2 atom stereocenters. The lowest BCUT2D eigenvalue weighted by Gasteiger charge is -2.12. The van der Waals surface area contributed by atoms with E-state index in [9.17, 15) is 4.79 Å². The minimum Gasteiger partial charge on any atom is -0.461 e. The van der Waals surface area contributed by atoms with Crippen LogP contribution in [0.15, 0.2) is 30.3 Å². The Morgan fingerprint density at radius 3 is 2.82 bits per heavy atom. The first kappa shape index (κ1) is 14.6. The maximum Gasteiger partial charge on any atom is 0.328 e. The molecule has 0 bridgehead atoms. The van der Waals surface area contributed by atoms with E-state index >= 15 is 0 Å². The number of aryl methyl sites for hydroxylation is 2. The van der Waals surface area contributed by atoms with Gasteiger partial charge >= 0.3 is 5.97 Å². The number of cyclic esters (lactones) is 1. The van der Waals surface area contributed by atoms with Crippen LogP contribution in [0.5, 0.6) is 0 Å². The van der Waals surface area contributed by atoms with Crippen molar-refractivity contribution in [3.8, 4) is 0 Å². The Bertz CT molecular complexity index is 693. The number of aromatic nitrogens is 2. The lowest BCUT2D eigenvalue weighted by molar-refractivity contribution is -0.141. The fourth-order valence-corrected chi connectivity index (χ4v) is 2.84. The zero-order valence-electron chi connectivity index (χ0n) is 13.2. The molecule has 0 unspecified atom stereocenters. The van der Waals surface area contributed by atoms with Crippen LogP contribution in [-0.2, 0) is 16.1 Å². The molecule has 1 aliphatic heterocycles. The topological polar surface area (TPSA) is 56.2 Å². The molecule has 5 heteroatoms. The normalized spacial score (nSPS) is 21.0. The second-order valence-corrected chi connectivity index (χ2v) is 5.97. The van der Waals surface area contributed by atoms with Crippen molar-refractivity contribution in [2.75, 3.05) is 5.32 Å². The van der Waals surface area contributed by atoms with Gasteiger partial charge in [-0.15, -0.1) is 0 Å². The van der Waals surface area contributed by atoms with Gasteiger partial charge in [-0.25, -0.2) is 4.79 Å². The van der Waals surface area contributed by atoms with Crippen LogP contribution in [0.4, 0.5) is 5.69 Å². The second-order valence-electron chi connectivity index (χ2n) is 5.97. The van der Waals surface area contributed by atoms with Crippen LogP contribution in [0.1, 0.15) is 30.3 Å². The fraction of sp³-hybridized carbons (Fsp3) is 0.412. The number of esters is 1. The molecule has 1 saturated heterocycles. The summed E-state index contributed by atoms with van der Waals surface area (Å²) in [5, 5.41) is 7.75. The monoisotopic (exact) mass is 299 g/mol. The summed E-state index contributed by atoms with van der Waals surface area (Å²) >= 11 is 0. The molecule has 3 rings (SSSR count). The summed E-state index contributed by atoms with van der Waals surface area (Å²) in [6.45, 7) is 6.69. The van der Waals surface area contributed by atoms with E-state index in [2.05, 4.69) is 35.5 Å². The third-order valence-corrected chi connectivity index (χ3v) is 3.87. The maximum absolute atomic E-state index is 11.7. The Labute approximate surface area is 130 Å². The molecular formula is C17H21N3O2. The van der Waals surface area contributed by atoms with Crippen LogP contribution in [0, 0.1) is 13.8 Å². The highest BCUT2D eigenvalue weighted by atomic mass is 16.6. The molecule has 1 N–H and O–H groups in total. The van der Waals surface area contributed by atoms with Crippen LogP contribution >= 0.6 is 0 Å². The van der Waals surface area contributed by atoms with Crippen molar-refractivity contribution in [3.63, 3.8) is 0 Å². The Balaban J connectivity index is 1.72. The Hall–Kier alpha value is -2.30. The molecule has 5 nitrogen and oxygen atoms in total. The van der Waals surface area contributed by atoms with Crippen molar-refractivity contribution in [2.24, 2.45) is 0 Å². The number of carbonyl (C=O) groups is 1. The zero-order chi connectivity index (χ0) is 15.7. The van der Waals surface area contributed by atoms with Gasteiger partial charge in [-0.1, -0.05) is 12.1 Å². The Kier molecular flexibility index (Phi) is 3.88. The molecule has 0 spiro atoms. The molecule has 2 aromatic rings. The third kappa shape index (κ3) is 3.13. The first-order valence-corrected chi connectivity index (χ1v) is 7.58. The summed E-state index contributed by atoms with van der Waals surface area (Å²) in [5.41, 5.74) is 4.25. The number of rotatable bonds is 4. The number of hydrogen-bond acceptors (Lipinski definition) is 4. The number of ether oxygens (including phenoxy) is 1. The van der Waals surface area contributed by atoms with Gasteiger partial charge in [0.25, 0.3) is 0 Å². The number of benzene rings is 1. The number of anilines is 1. The molecule has 1 aliphatic rings. The number of nitrogens with zero attached hydrogens (tertiary/aromatic N) is 2. The highest BCUT2D eigenvalue weighted by Gasteiger charge is 2.31. The molecule has 1 aromatic carbocycles. The standard InChI is InChI=1S/C17H21N3O2/c1-11-7-12(2)20(19-11)10-14-5-4-6-15(9-14)18-16-8-13(3)22-17(16)21/h4-7,9,13,16,18H,8,10H2,1-3H3/t13-,16-/m0/s1. The van der Waals surface area contributed by atoms with Crippen molar-refractivity contribution in [2.45, 2.75) is 45.9 Å². The minimum atomic E-state index is -0.251. The maximum atomic E-state index is 11.7. The van der Waals surface area contributed by atoms with Gasteiger partial charge in [-0.3, -0.25) is 4.68 Å². The largest absolute Gasteiger partial charge is 0.461 e. The van der Waals surface area contributed by atoms with Gasteiger partial charge in [0.05, 0.1) is 12.2 Å². The molecule has 116 valence electrons. The molecule has 1 fully saturated rings. The van der Waals surface area contributed by atoms with Crippen LogP contribution in [0.25, 0.3) is 0 Å². The number of nitrogens with one attached hydrogen (secondary N) is 1. The molecule has 0 saturated carbocycles. The predicted octanol–water partition coefficient (Wildman–Crippen LogP) is 2.66. The molecule has 0 radical (unpaired) electrons. The van der Waals surface area contributed by atoms with Crippen molar-refractivity contribution in [3.05, 3.63) is 47.3 Å². The average Bonchev–Trinajstić information content (AvgIpc) is 2.92. The van der Waals surface area contributed by atoms with Gasteiger partial charge in [-0.2, -0.15) is 5.10 Å². The SMILES string of the molecule is Cc1cc(C)n(Cc2cccc(N[C@H]3C[C@H](C)OC3=O)c2)n1. The van der Waals surface area contributed by atoms with E-state index < -0.39 is 0 Å². The number of hydrogen-bond donors (Lipinski definition) is 1. The van der Waals surface area contributed by atoms with E-state index in [1.807, 2.05) is 30.7 Å². The van der Waals surface area contributed by atoms with E-state index in [4.69, 9.17) is 4.74 Å². The third-order valence-electron chi connectivity index (χ3n) is 3.87. The summed E-state index contributed by atoms with van der Waals surface area (Å²) < 4.78 is 7.16. The van der Waals surface area contributed by atoms with E-state index in [0.717, 1.165) is 29.2 Å². The van der Waals surface area contributed by atoms with Gasteiger partial charge in [-0.05, 0) is 44.5 Å². The highest BCUT2D eigenvalue weighted by molar-refractivity contribution is 5.81. The summed E-state index contributed by atoms with van der Waals surface area (Å²) in [6.07, 6.45) is 0.698. The van der Waals surface area contributed by atoms with E-state index in [0.29, 0.717) is 6.42 Å². The van der Waals surface area contributed by atoms with Gasteiger partial charge in [0.15, 0.2) is 0 Å². The molecule has 1 aromatic heterocycles. The Morgan fingerprint density at radius 1 is 1.36 bits per heavy atom. The van der Waals surface area contributed by atoms with Crippen LogP contribution in [-0.4, -0.2) is 27.9 Å². The smallest absolute Gasteiger partial charge is 0.328 e. The summed E-state index contributed by atoms with van der Waals surface area (Å²) in [4.78, 5) is 11.7. The zero-order valence-corrected chi connectivity index (χ0v) is 13.2. The molecular weight excluding hydrogens is 278 g/mol. The summed E-state index contributed by atoms with van der Waals surface area (Å²) in [7, 11) is 0. The quantitative estimate of drug-likeness (QED) is 0.882.